The van der Waals surface area contributed by atoms with Crippen molar-refractivity contribution >= 4 is 17.6 Å². The molecule has 172 valence electrons. The van der Waals surface area contributed by atoms with Crippen molar-refractivity contribution in [2.45, 2.75) is 79.1 Å². The normalized spacial score (nSPS) is 27.3. The topological polar surface area (TPSA) is 66.4 Å². The van der Waals surface area contributed by atoms with Gasteiger partial charge in [0.15, 0.2) is 0 Å². The van der Waals surface area contributed by atoms with Crippen LogP contribution in [0.4, 0.5) is 5.69 Å². The number of carboxylic acid groups (broad SMARTS) is 1. The van der Waals surface area contributed by atoms with E-state index in [1.807, 2.05) is 37.3 Å². The van der Waals surface area contributed by atoms with Crippen LogP contribution in [0.25, 0.3) is 0 Å². The highest BCUT2D eigenvalue weighted by atomic mass is 16.4. The van der Waals surface area contributed by atoms with Gasteiger partial charge in [0.2, 0.25) is 5.91 Å². The number of anilines is 1. The Labute approximate surface area is 192 Å². The maximum absolute atomic E-state index is 12.7. The molecular formula is C28H37NO3. The largest absolute Gasteiger partial charge is 0.481 e. The summed E-state index contributed by atoms with van der Waals surface area (Å²) < 4.78 is 0. The van der Waals surface area contributed by atoms with Gasteiger partial charge in [-0.25, -0.2) is 0 Å². The SMILES string of the molecule is CC(c1ccc(NC(=O)C2CCC2)cc1)C1(C(=O)O)C=CC2=C(C1)C(C)(C)CCC2(C)C. The third-order valence-electron chi connectivity index (χ3n) is 8.59. The van der Waals surface area contributed by atoms with E-state index in [1.165, 1.54) is 11.1 Å². The van der Waals surface area contributed by atoms with E-state index in [0.29, 0.717) is 6.42 Å². The smallest absolute Gasteiger partial charge is 0.314 e. The van der Waals surface area contributed by atoms with Gasteiger partial charge in [-0.3, -0.25) is 9.59 Å². The Morgan fingerprint density at radius 3 is 2.22 bits per heavy atom. The zero-order valence-corrected chi connectivity index (χ0v) is 20.1. The number of aliphatic carboxylic acids is 1. The number of hydrogen-bond donors (Lipinski definition) is 2. The summed E-state index contributed by atoms with van der Waals surface area (Å²) in [4.78, 5) is 25.0. The van der Waals surface area contributed by atoms with Crippen LogP contribution in [0, 0.1) is 22.2 Å². The Hall–Kier alpha value is -2.36. The lowest BCUT2D eigenvalue weighted by atomic mass is 9.55. The van der Waals surface area contributed by atoms with Crippen molar-refractivity contribution in [1.29, 1.82) is 0 Å². The second kappa shape index (κ2) is 7.90. The minimum atomic E-state index is -0.972. The summed E-state index contributed by atoms with van der Waals surface area (Å²) in [5, 5.41) is 13.5. The van der Waals surface area contributed by atoms with E-state index in [-0.39, 0.29) is 28.6 Å². The minimum Gasteiger partial charge on any atom is -0.481 e. The van der Waals surface area contributed by atoms with Crippen LogP contribution in [0.15, 0.2) is 47.6 Å². The fourth-order valence-electron chi connectivity index (χ4n) is 5.62. The number of benzene rings is 1. The van der Waals surface area contributed by atoms with E-state index >= 15 is 0 Å². The minimum absolute atomic E-state index is 0.00565. The fraction of sp³-hybridized carbons (Fsp3) is 0.571. The molecule has 4 nitrogen and oxygen atoms in total. The van der Waals surface area contributed by atoms with Gasteiger partial charge in [0.1, 0.15) is 0 Å². The van der Waals surface area contributed by atoms with Crippen LogP contribution in [-0.2, 0) is 9.59 Å². The van der Waals surface area contributed by atoms with Gasteiger partial charge >= 0.3 is 5.97 Å². The predicted octanol–water partition coefficient (Wildman–Crippen LogP) is 6.70. The number of nitrogens with one attached hydrogen (secondary N) is 1. The Bertz CT molecular complexity index is 978. The molecule has 1 fully saturated rings. The molecule has 1 saturated carbocycles. The van der Waals surface area contributed by atoms with Crippen LogP contribution in [0.3, 0.4) is 0 Å². The number of hydrogen-bond acceptors (Lipinski definition) is 2. The third kappa shape index (κ3) is 3.82. The average molecular weight is 436 g/mol. The van der Waals surface area contributed by atoms with Crippen molar-refractivity contribution in [2.24, 2.45) is 22.2 Å². The van der Waals surface area contributed by atoms with Gasteiger partial charge < -0.3 is 10.4 Å². The summed E-state index contributed by atoms with van der Waals surface area (Å²) in [6.45, 7) is 11.1. The molecule has 1 aromatic carbocycles. The van der Waals surface area contributed by atoms with E-state index in [9.17, 15) is 14.7 Å². The molecule has 0 radical (unpaired) electrons. The van der Waals surface area contributed by atoms with Gasteiger partial charge in [-0.05, 0) is 66.2 Å². The molecular weight excluding hydrogens is 398 g/mol. The monoisotopic (exact) mass is 435 g/mol. The van der Waals surface area contributed by atoms with Gasteiger partial charge in [-0.15, -0.1) is 0 Å². The standard InChI is InChI=1S/C28H37NO3/c1-18(19-9-11-21(12-10-19)29-24(30)20-7-6-8-20)28(25(31)32)14-13-22-23(17-28)27(4,5)16-15-26(22,2)3/h9-14,18,20H,6-8,15-17H2,1-5H3,(H,29,30)(H,31,32). The Morgan fingerprint density at radius 1 is 1.03 bits per heavy atom. The maximum Gasteiger partial charge on any atom is 0.314 e. The Kier molecular flexibility index (Phi) is 5.63. The first-order valence-corrected chi connectivity index (χ1v) is 12.0. The lowest BCUT2D eigenvalue weighted by Crippen LogP contribution is -2.41. The molecule has 4 rings (SSSR count). The maximum atomic E-state index is 12.7. The number of carboxylic acids is 1. The molecule has 3 aliphatic carbocycles. The van der Waals surface area contributed by atoms with Crippen molar-refractivity contribution in [3.63, 3.8) is 0 Å². The van der Waals surface area contributed by atoms with E-state index in [2.05, 4.69) is 39.1 Å². The summed E-state index contributed by atoms with van der Waals surface area (Å²) in [6.07, 6.45) is 9.88. The number of carbonyl (C=O) groups excluding carboxylic acids is 1. The molecule has 2 atom stereocenters. The molecule has 0 bridgehead atoms. The molecule has 0 aromatic heterocycles. The van der Waals surface area contributed by atoms with E-state index < -0.39 is 11.4 Å². The first-order chi connectivity index (χ1) is 15.0. The summed E-state index contributed by atoms with van der Waals surface area (Å²) in [5.41, 5.74) is 3.50. The van der Waals surface area contributed by atoms with Gasteiger partial charge in [-0.2, -0.15) is 0 Å². The molecule has 1 amide bonds. The summed E-state index contributed by atoms with van der Waals surface area (Å²) in [5.74, 6) is -0.727. The number of allylic oxidation sites excluding steroid dienone is 3. The van der Waals surface area contributed by atoms with Crippen LogP contribution in [-0.4, -0.2) is 17.0 Å². The first kappa shape index (κ1) is 22.8. The number of rotatable bonds is 5. The summed E-state index contributed by atoms with van der Waals surface area (Å²) in [7, 11) is 0. The van der Waals surface area contributed by atoms with Crippen molar-refractivity contribution in [3.05, 3.63) is 53.1 Å². The second-order valence-electron chi connectivity index (χ2n) is 11.5. The lowest BCUT2D eigenvalue weighted by Gasteiger charge is -2.48. The molecule has 0 aliphatic heterocycles. The lowest BCUT2D eigenvalue weighted by molar-refractivity contribution is -0.147. The van der Waals surface area contributed by atoms with Crippen molar-refractivity contribution in [3.8, 4) is 0 Å². The van der Waals surface area contributed by atoms with Gasteiger partial charge in [0, 0.05) is 17.5 Å². The number of amides is 1. The van der Waals surface area contributed by atoms with E-state index in [4.69, 9.17) is 0 Å². The van der Waals surface area contributed by atoms with Crippen LogP contribution >= 0.6 is 0 Å². The fourth-order valence-corrected chi connectivity index (χ4v) is 5.62. The van der Waals surface area contributed by atoms with Gasteiger partial charge in [0.05, 0.1) is 5.41 Å². The van der Waals surface area contributed by atoms with Crippen molar-refractivity contribution in [2.75, 3.05) is 5.32 Å². The van der Waals surface area contributed by atoms with Crippen LogP contribution < -0.4 is 5.32 Å². The molecule has 32 heavy (non-hydrogen) atoms. The van der Waals surface area contributed by atoms with Crippen molar-refractivity contribution < 1.29 is 14.7 Å². The summed E-state index contributed by atoms with van der Waals surface area (Å²) in [6, 6.07) is 7.75. The van der Waals surface area contributed by atoms with E-state index in [1.54, 1.807) is 0 Å². The highest BCUT2D eigenvalue weighted by Gasteiger charge is 2.50. The van der Waals surface area contributed by atoms with Crippen LogP contribution in [0.5, 0.6) is 0 Å². The molecule has 4 heteroatoms. The molecule has 0 heterocycles. The molecule has 2 N–H and O–H groups in total. The molecule has 3 aliphatic rings. The van der Waals surface area contributed by atoms with Gasteiger partial charge in [0.25, 0.3) is 0 Å². The molecule has 2 unspecified atom stereocenters. The van der Waals surface area contributed by atoms with Crippen LogP contribution in [0.2, 0.25) is 0 Å². The highest BCUT2D eigenvalue weighted by molar-refractivity contribution is 5.93. The average Bonchev–Trinajstić information content (AvgIpc) is 2.70. The molecule has 0 spiro atoms. The van der Waals surface area contributed by atoms with Gasteiger partial charge in [-0.1, -0.05) is 70.9 Å². The highest BCUT2D eigenvalue weighted by Crippen LogP contribution is 2.57. The molecule has 0 saturated heterocycles. The third-order valence-corrected chi connectivity index (χ3v) is 8.59. The second-order valence-corrected chi connectivity index (χ2v) is 11.5. The molecule has 1 aromatic rings. The summed E-state index contributed by atoms with van der Waals surface area (Å²) >= 11 is 0. The predicted molar refractivity (Wildman–Crippen MR) is 128 cm³/mol. The van der Waals surface area contributed by atoms with Crippen LogP contribution in [0.1, 0.15) is 84.6 Å². The zero-order valence-electron chi connectivity index (χ0n) is 20.1. The first-order valence-electron chi connectivity index (χ1n) is 12.0. The Balaban J connectivity index is 1.61. The zero-order chi connectivity index (χ0) is 23.3. The number of carbonyl (C=O) groups is 2. The van der Waals surface area contributed by atoms with E-state index in [0.717, 1.165) is 43.4 Å². The van der Waals surface area contributed by atoms with Crippen molar-refractivity contribution in [1.82, 2.24) is 0 Å². The Morgan fingerprint density at radius 2 is 1.66 bits per heavy atom. The quantitative estimate of drug-likeness (QED) is 0.540.